The lowest BCUT2D eigenvalue weighted by molar-refractivity contribution is -0.284. The molecule has 0 aromatic heterocycles. The molecule has 12 heteroatoms. The minimum absolute atomic E-state index is 0.213. The topological polar surface area (TPSA) is 57.6 Å². The van der Waals surface area contributed by atoms with Crippen molar-refractivity contribution in [2.45, 2.75) is 114 Å². The van der Waals surface area contributed by atoms with Gasteiger partial charge in [0.2, 0.25) is 0 Å². The highest BCUT2D eigenvalue weighted by Crippen LogP contribution is 2.41. The summed E-state index contributed by atoms with van der Waals surface area (Å²) in [5, 5.41) is 10.0. The lowest BCUT2D eigenvalue weighted by atomic mass is 9.89. The number of allylic oxidation sites excluding steroid dienone is 2. The molecule has 1 N–H and O–H groups in total. The van der Waals surface area contributed by atoms with Gasteiger partial charge in [-0.2, -0.15) is 22.0 Å². The number of aromatic hydroxyl groups is 1. The highest BCUT2D eigenvalue weighted by Gasteiger charge is 2.56. The van der Waals surface area contributed by atoms with E-state index in [2.05, 4.69) is 4.90 Å². The number of alkyl halides is 5. The Morgan fingerprint density at radius 3 is 2.25 bits per heavy atom. The Bertz CT molecular complexity index is 1490. The number of sulfone groups is 1. The van der Waals surface area contributed by atoms with Crippen molar-refractivity contribution in [3.63, 3.8) is 0 Å². The molecule has 2 aromatic carbocycles. The smallest absolute Gasteiger partial charge is 0.453 e. The van der Waals surface area contributed by atoms with E-state index in [1.807, 2.05) is 0 Å². The summed E-state index contributed by atoms with van der Waals surface area (Å²) in [4.78, 5) is 2.43. The Labute approximate surface area is 279 Å². The van der Waals surface area contributed by atoms with E-state index in [9.17, 15) is 44.3 Å². The van der Waals surface area contributed by atoms with Gasteiger partial charge in [0.1, 0.15) is 15.7 Å². The number of fused-ring (bicyclic) bond motifs is 1. The number of likely N-dealkylation sites (tertiary alicyclic amines) is 1. The Balaban J connectivity index is 1.21. The van der Waals surface area contributed by atoms with Gasteiger partial charge in [0, 0.05) is 12.5 Å². The first-order chi connectivity index (χ1) is 22.7. The van der Waals surface area contributed by atoms with Gasteiger partial charge in [0.25, 0.3) is 0 Å². The molecule has 1 fully saturated rings. The van der Waals surface area contributed by atoms with E-state index in [0.717, 1.165) is 99.6 Å². The number of phenols is 1. The van der Waals surface area contributed by atoms with Gasteiger partial charge in [0.05, 0.1) is 11.5 Å². The molecule has 1 aliphatic heterocycles. The monoisotopic (exact) mass is 705 g/mol. The van der Waals surface area contributed by atoms with Gasteiger partial charge < -0.3 is 10.0 Å². The average Bonchev–Trinajstić information content (AvgIpc) is 3.38. The van der Waals surface area contributed by atoms with E-state index in [0.29, 0.717) is 30.9 Å². The molecule has 48 heavy (non-hydrogen) atoms. The standard InChI is InChI=1S/C36H46F7NO3S/c37-27-17-15-26(16-18-27)29-13-7-14-32-31(19-20-33(45)34(32)38)30(29)12-3-1-2-5-22-44-23-8-11-28(44)10-4-6-24-48(46,47)25-9-21-35(39,40)36(41,42)43/h15-20,28,45H,1-14,21-25H2. The van der Waals surface area contributed by atoms with Crippen LogP contribution in [0.25, 0.3) is 11.1 Å². The van der Waals surface area contributed by atoms with Crippen LogP contribution >= 0.6 is 0 Å². The summed E-state index contributed by atoms with van der Waals surface area (Å²) in [5.74, 6) is -7.00. The number of halogens is 7. The molecule has 2 aliphatic rings. The molecule has 268 valence electrons. The molecule has 1 heterocycles. The SMILES string of the molecule is O=S(=O)(CCCCC1CCCN1CCCCCCC1=C(c2ccc(F)cc2)CCCc2c1ccc(O)c2F)CCCC(F)(F)C(F)(F)F. The van der Waals surface area contributed by atoms with Crippen molar-refractivity contribution < 1.29 is 44.3 Å². The molecular weight excluding hydrogens is 659 g/mol. The predicted octanol–water partition coefficient (Wildman–Crippen LogP) is 9.90. The van der Waals surface area contributed by atoms with Crippen LogP contribution in [-0.4, -0.2) is 61.2 Å². The zero-order valence-electron chi connectivity index (χ0n) is 27.2. The van der Waals surface area contributed by atoms with Gasteiger partial charge in [0.15, 0.2) is 11.6 Å². The fraction of sp³-hybridized carbons (Fsp3) is 0.611. The summed E-state index contributed by atoms with van der Waals surface area (Å²) >= 11 is 0. The van der Waals surface area contributed by atoms with Crippen LogP contribution in [0.4, 0.5) is 30.7 Å². The average molecular weight is 706 g/mol. The summed E-state index contributed by atoms with van der Waals surface area (Å²) < 4.78 is 116. The molecule has 1 aliphatic carbocycles. The number of benzene rings is 2. The van der Waals surface area contributed by atoms with Gasteiger partial charge >= 0.3 is 12.1 Å². The van der Waals surface area contributed by atoms with E-state index in [1.165, 1.54) is 18.2 Å². The fourth-order valence-electron chi connectivity index (χ4n) is 7.09. The first-order valence-electron chi connectivity index (χ1n) is 17.1. The molecular formula is C36H46F7NO3S. The number of phenolic OH excluding ortho intramolecular Hbond substituents is 1. The van der Waals surface area contributed by atoms with Crippen molar-refractivity contribution >= 4 is 21.0 Å². The van der Waals surface area contributed by atoms with Crippen molar-refractivity contribution in [2.75, 3.05) is 24.6 Å². The van der Waals surface area contributed by atoms with Crippen LogP contribution in [0.5, 0.6) is 5.75 Å². The molecule has 4 rings (SSSR count). The normalized spacial score (nSPS) is 17.9. The van der Waals surface area contributed by atoms with Gasteiger partial charge in [-0.3, -0.25) is 0 Å². The molecule has 0 bridgehead atoms. The number of rotatable bonds is 17. The third kappa shape index (κ3) is 10.5. The summed E-state index contributed by atoms with van der Waals surface area (Å²) in [5.41, 5.74) is 4.42. The second kappa shape index (κ2) is 16.9. The minimum atomic E-state index is -5.67. The second-order valence-corrected chi connectivity index (χ2v) is 15.5. The van der Waals surface area contributed by atoms with Crippen molar-refractivity contribution in [1.82, 2.24) is 4.90 Å². The molecule has 1 unspecified atom stereocenters. The van der Waals surface area contributed by atoms with Gasteiger partial charge in [-0.05, 0) is 130 Å². The van der Waals surface area contributed by atoms with Gasteiger partial charge in [-0.1, -0.05) is 37.5 Å². The second-order valence-electron chi connectivity index (χ2n) is 13.2. The van der Waals surface area contributed by atoms with Gasteiger partial charge in [-0.15, -0.1) is 0 Å². The van der Waals surface area contributed by atoms with E-state index in [1.54, 1.807) is 18.2 Å². The zero-order valence-corrected chi connectivity index (χ0v) is 28.1. The maximum Gasteiger partial charge on any atom is 0.453 e. The molecule has 0 amide bonds. The number of nitrogens with zero attached hydrogens (tertiary/aromatic N) is 1. The molecule has 4 nitrogen and oxygen atoms in total. The van der Waals surface area contributed by atoms with Crippen LogP contribution in [0.1, 0.15) is 107 Å². The van der Waals surface area contributed by atoms with E-state index in [-0.39, 0.29) is 17.3 Å². The third-order valence-electron chi connectivity index (χ3n) is 9.68. The third-order valence-corrected chi connectivity index (χ3v) is 11.5. The Kier molecular flexibility index (Phi) is 13.4. The first-order valence-corrected chi connectivity index (χ1v) is 18.9. The summed E-state index contributed by atoms with van der Waals surface area (Å²) in [7, 11) is -3.70. The number of hydrogen-bond donors (Lipinski definition) is 1. The van der Waals surface area contributed by atoms with Crippen molar-refractivity contribution in [2.24, 2.45) is 0 Å². The first kappa shape index (κ1) is 38.2. The maximum atomic E-state index is 14.9. The van der Waals surface area contributed by atoms with Crippen molar-refractivity contribution in [3.8, 4) is 5.75 Å². The zero-order chi connectivity index (χ0) is 35.0. The Hall–Kier alpha value is -2.60. The fourth-order valence-corrected chi connectivity index (χ4v) is 8.53. The largest absolute Gasteiger partial charge is 0.505 e. The number of hydrogen-bond acceptors (Lipinski definition) is 4. The van der Waals surface area contributed by atoms with Crippen molar-refractivity contribution in [1.29, 1.82) is 0 Å². The number of unbranched alkanes of at least 4 members (excludes halogenated alkanes) is 4. The van der Waals surface area contributed by atoms with Crippen LogP contribution in [0, 0.1) is 11.6 Å². The summed E-state index contributed by atoms with van der Waals surface area (Å²) in [6.45, 7) is 1.90. The van der Waals surface area contributed by atoms with Crippen molar-refractivity contribution in [3.05, 3.63) is 64.7 Å². The molecule has 1 atom stereocenters. The van der Waals surface area contributed by atoms with Crippen LogP contribution in [0.3, 0.4) is 0 Å². The quantitative estimate of drug-likeness (QED) is 0.132. The maximum absolute atomic E-state index is 14.9. The van der Waals surface area contributed by atoms with E-state index < -0.39 is 46.3 Å². The molecule has 0 radical (unpaired) electrons. The van der Waals surface area contributed by atoms with E-state index in [4.69, 9.17) is 0 Å². The molecule has 1 saturated heterocycles. The van der Waals surface area contributed by atoms with Crippen LogP contribution in [0.15, 0.2) is 36.4 Å². The molecule has 0 spiro atoms. The van der Waals surface area contributed by atoms with Crippen LogP contribution < -0.4 is 0 Å². The molecule has 2 aromatic rings. The lowest BCUT2D eigenvalue weighted by Crippen LogP contribution is -2.36. The van der Waals surface area contributed by atoms with E-state index >= 15 is 0 Å². The van der Waals surface area contributed by atoms with Crippen LogP contribution in [-0.2, 0) is 16.3 Å². The Morgan fingerprint density at radius 1 is 0.812 bits per heavy atom. The highest BCUT2D eigenvalue weighted by atomic mass is 32.2. The minimum Gasteiger partial charge on any atom is -0.505 e. The summed E-state index contributed by atoms with van der Waals surface area (Å²) in [6.07, 6.45) is 2.55. The van der Waals surface area contributed by atoms with Gasteiger partial charge in [-0.25, -0.2) is 17.2 Å². The van der Waals surface area contributed by atoms with Crippen LogP contribution in [0.2, 0.25) is 0 Å². The lowest BCUT2D eigenvalue weighted by Gasteiger charge is -2.24. The summed E-state index contributed by atoms with van der Waals surface area (Å²) in [6, 6.07) is 9.95. The predicted molar refractivity (Wildman–Crippen MR) is 175 cm³/mol. The molecule has 0 saturated carbocycles. The highest BCUT2D eigenvalue weighted by molar-refractivity contribution is 7.91. The Morgan fingerprint density at radius 2 is 1.52 bits per heavy atom.